The van der Waals surface area contributed by atoms with E-state index in [0.717, 1.165) is 6.42 Å². The molecule has 0 bridgehead atoms. The highest BCUT2D eigenvalue weighted by molar-refractivity contribution is 5.96. The molecule has 4 nitrogen and oxygen atoms in total. The van der Waals surface area contributed by atoms with Gasteiger partial charge in [0, 0.05) is 23.7 Å². The Labute approximate surface area is 165 Å². The van der Waals surface area contributed by atoms with Gasteiger partial charge < -0.3 is 10.6 Å². The van der Waals surface area contributed by atoms with Crippen LogP contribution in [0.15, 0.2) is 84.9 Å². The Hall–Kier alpha value is -3.40. The highest BCUT2D eigenvalue weighted by Gasteiger charge is 2.14. The molecule has 3 aromatic carbocycles. The number of hydrogen-bond acceptors (Lipinski definition) is 2. The van der Waals surface area contributed by atoms with Gasteiger partial charge in [-0.05, 0) is 36.6 Å². The second-order valence-corrected chi connectivity index (χ2v) is 6.68. The van der Waals surface area contributed by atoms with E-state index in [-0.39, 0.29) is 17.7 Å². The average Bonchev–Trinajstić information content (AvgIpc) is 2.72. The van der Waals surface area contributed by atoms with Crippen molar-refractivity contribution in [2.45, 2.75) is 19.3 Å². The first kappa shape index (κ1) is 19.4. The zero-order valence-electron chi connectivity index (χ0n) is 15.9. The number of rotatable bonds is 7. The van der Waals surface area contributed by atoms with Crippen molar-refractivity contribution >= 4 is 17.5 Å². The molecule has 3 aromatic rings. The topological polar surface area (TPSA) is 58.2 Å². The Morgan fingerprint density at radius 2 is 1.43 bits per heavy atom. The summed E-state index contributed by atoms with van der Waals surface area (Å²) in [5.74, 6) is 0.182. The minimum absolute atomic E-state index is 0.0300. The summed E-state index contributed by atoms with van der Waals surface area (Å²) >= 11 is 0. The number of carbonyl (C=O) groups is 2. The normalized spacial score (nSPS) is 10.5. The van der Waals surface area contributed by atoms with Crippen LogP contribution >= 0.6 is 0 Å². The minimum Gasteiger partial charge on any atom is -0.338 e. The van der Waals surface area contributed by atoms with Gasteiger partial charge in [-0.1, -0.05) is 72.8 Å². The molecule has 4 heteroatoms. The second kappa shape index (κ2) is 9.51. The molecular formula is C24H24N2O2. The summed E-state index contributed by atoms with van der Waals surface area (Å²) in [7, 11) is 0. The van der Waals surface area contributed by atoms with Crippen molar-refractivity contribution in [2.75, 3.05) is 11.9 Å². The molecule has 0 aliphatic heterocycles. The van der Waals surface area contributed by atoms with E-state index in [2.05, 4.69) is 34.9 Å². The SMILES string of the molecule is CC(=O)c1cccc(NC(=O)NCCC(c2ccccc2)c2ccccc2)c1. The molecule has 3 rings (SSSR count). The standard InChI is InChI=1S/C24H24N2O2/c1-18(27)21-13-8-14-22(17-21)26-24(28)25-16-15-23(19-9-4-2-5-10-19)20-11-6-3-7-12-20/h2-14,17,23H,15-16H2,1H3,(H2,25,26,28). The van der Waals surface area contributed by atoms with Gasteiger partial charge in [-0.2, -0.15) is 0 Å². The van der Waals surface area contributed by atoms with Gasteiger partial charge in [-0.15, -0.1) is 0 Å². The van der Waals surface area contributed by atoms with E-state index in [9.17, 15) is 9.59 Å². The van der Waals surface area contributed by atoms with E-state index >= 15 is 0 Å². The number of nitrogens with one attached hydrogen (secondary N) is 2. The number of urea groups is 1. The van der Waals surface area contributed by atoms with Gasteiger partial charge in [0.05, 0.1) is 0 Å². The lowest BCUT2D eigenvalue weighted by Crippen LogP contribution is -2.30. The van der Waals surface area contributed by atoms with Gasteiger partial charge in [0.2, 0.25) is 0 Å². The highest BCUT2D eigenvalue weighted by Crippen LogP contribution is 2.27. The van der Waals surface area contributed by atoms with E-state index < -0.39 is 0 Å². The fraction of sp³-hybridized carbons (Fsp3) is 0.167. The zero-order valence-corrected chi connectivity index (χ0v) is 15.9. The molecule has 0 heterocycles. The number of ketones is 1. The molecule has 0 aliphatic carbocycles. The summed E-state index contributed by atoms with van der Waals surface area (Å²) in [6.45, 7) is 2.04. The maximum atomic E-state index is 12.2. The minimum atomic E-state index is -0.277. The highest BCUT2D eigenvalue weighted by atomic mass is 16.2. The van der Waals surface area contributed by atoms with Crippen LogP contribution in [0.3, 0.4) is 0 Å². The number of carbonyl (C=O) groups excluding carboxylic acids is 2. The number of amides is 2. The Kier molecular flexibility index (Phi) is 6.58. The van der Waals surface area contributed by atoms with Crippen LogP contribution in [0.2, 0.25) is 0 Å². The summed E-state index contributed by atoms with van der Waals surface area (Å²) in [5.41, 5.74) is 3.63. The number of hydrogen-bond donors (Lipinski definition) is 2. The Balaban J connectivity index is 1.60. The molecule has 0 fully saturated rings. The molecule has 2 amide bonds. The maximum Gasteiger partial charge on any atom is 0.319 e. The van der Waals surface area contributed by atoms with Crippen LogP contribution in [0.4, 0.5) is 10.5 Å². The third-order valence-corrected chi connectivity index (χ3v) is 4.65. The third-order valence-electron chi connectivity index (χ3n) is 4.65. The molecule has 2 N–H and O–H groups in total. The second-order valence-electron chi connectivity index (χ2n) is 6.68. The van der Waals surface area contributed by atoms with E-state index in [1.54, 1.807) is 24.3 Å². The van der Waals surface area contributed by atoms with Crippen LogP contribution in [0.25, 0.3) is 0 Å². The summed E-state index contributed by atoms with van der Waals surface area (Å²) in [6.07, 6.45) is 0.787. The van der Waals surface area contributed by atoms with Crippen LogP contribution in [0.5, 0.6) is 0 Å². The van der Waals surface area contributed by atoms with E-state index in [4.69, 9.17) is 0 Å². The van der Waals surface area contributed by atoms with Crippen molar-refractivity contribution < 1.29 is 9.59 Å². The Bertz CT molecular complexity index is 884. The summed E-state index contributed by atoms with van der Waals surface area (Å²) in [5, 5.41) is 5.70. The zero-order chi connectivity index (χ0) is 19.8. The molecular weight excluding hydrogens is 348 g/mol. The fourth-order valence-corrected chi connectivity index (χ4v) is 3.22. The molecule has 28 heavy (non-hydrogen) atoms. The van der Waals surface area contributed by atoms with Gasteiger partial charge in [-0.3, -0.25) is 4.79 Å². The van der Waals surface area contributed by atoms with Crippen molar-refractivity contribution in [2.24, 2.45) is 0 Å². The molecule has 0 atom stereocenters. The number of benzene rings is 3. The van der Waals surface area contributed by atoms with Crippen molar-refractivity contribution in [3.05, 3.63) is 102 Å². The first-order valence-corrected chi connectivity index (χ1v) is 9.39. The lowest BCUT2D eigenvalue weighted by molar-refractivity contribution is 0.101. The van der Waals surface area contributed by atoms with Crippen molar-refractivity contribution in [3.63, 3.8) is 0 Å². The van der Waals surface area contributed by atoms with Crippen molar-refractivity contribution in [3.8, 4) is 0 Å². The largest absolute Gasteiger partial charge is 0.338 e. The molecule has 142 valence electrons. The van der Waals surface area contributed by atoms with Gasteiger partial charge in [0.25, 0.3) is 0 Å². The smallest absolute Gasteiger partial charge is 0.319 e. The molecule has 0 radical (unpaired) electrons. The monoisotopic (exact) mass is 372 g/mol. The quantitative estimate of drug-likeness (QED) is 0.558. The third kappa shape index (κ3) is 5.30. The average molecular weight is 372 g/mol. The number of Topliss-reactive ketones (excluding diaryl/α,β-unsaturated/α-hetero) is 1. The van der Waals surface area contributed by atoms with E-state index in [1.165, 1.54) is 18.1 Å². The predicted molar refractivity (Wildman–Crippen MR) is 113 cm³/mol. The summed E-state index contributed by atoms with van der Waals surface area (Å²) in [6, 6.07) is 27.3. The molecule has 0 aromatic heterocycles. The Morgan fingerprint density at radius 3 is 2.00 bits per heavy atom. The molecule has 0 unspecified atom stereocenters. The van der Waals surface area contributed by atoms with E-state index in [1.807, 2.05) is 36.4 Å². The van der Waals surface area contributed by atoms with Crippen LogP contribution < -0.4 is 10.6 Å². The summed E-state index contributed by atoms with van der Waals surface area (Å²) in [4.78, 5) is 23.7. The van der Waals surface area contributed by atoms with Gasteiger partial charge in [-0.25, -0.2) is 4.79 Å². The van der Waals surface area contributed by atoms with E-state index in [0.29, 0.717) is 17.8 Å². The fourth-order valence-electron chi connectivity index (χ4n) is 3.22. The first-order chi connectivity index (χ1) is 13.6. The maximum absolute atomic E-state index is 12.2. The molecule has 0 saturated carbocycles. The molecule has 0 saturated heterocycles. The van der Waals surface area contributed by atoms with Crippen LogP contribution in [0, 0.1) is 0 Å². The lowest BCUT2D eigenvalue weighted by atomic mass is 9.88. The summed E-state index contributed by atoms with van der Waals surface area (Å²) < 4.78 is 0. The van der Waals surface area contributed by atoms with Crippen molar-refractivity contribution in [1.29, 1.82) is 0 Å². The van der Waals surface area contributed by atoms with Crippen LogP contribution in [0.1, 0.15) is 40.7 Å². The first-order valence-electron chi connectivity index (χ1n) is 9.39. The Morgan fingerprint density at radius 1 is 0.821 bits per heavy atom. The molecule has 0 aliphatic rings. The van der Waals surface area contributed by atoms with Gasteiger partial charge in [0.15, 0.2) is 5.78 Å². The van der Waals surface area contributed by atoms with Crippen LogP contribution in [-0.2, 0) is 0 Å². The van der Waals surface area contributed by atoms with Gasteiger partial charge >= 0.3 is 6.03 Å². The number of anilines is 1. The van der Waals surface area contributed by atoms with Gasteiger partial charge in [0.1, 0.15) is 0 Å². The van der Waals surface area contributed by atoms with Crippen LogP contribution in [-0.4, -0.2) is 18.4 Å². The predicted octanol–water partition coefficient (Wildman–Crippen LogP) is 5.23. The lowest BCUT2D eigenvalue weighted by Gasteiger charge is -2.18. The molecule has 0 spiro atoms. The van der Waals surface area contributed by atoms with Crippen molar-refractivity contribution in [1.82, 2.24) is 5.32 Å².